The lowest BCUT2D eigenvalue weighted by atomic mass is 9.66. The number of hydrazone groups is 2. The summed E-state index contributed by atoms with van der Waals surface area (Å²) in [6.07, 6.45) is 2.19. The van der Waals surface area contributed by atoms with Crippen molar-refractivity contribution >= 4 is 97.4 Å². The summed E-state index contributed by atoms with van der Waals surface area (Å²) >= 11 is 0. The molecule has 14 N–H and O–H groups in total. The second-order valence-corrected chi connectivity index (χ2v) is 25.7. The van der Waals surface area contributed by atoms with Gasteiger partial charge in [-0.2, -0.15) is 10.2 Å². The first-order chi connectivity index (χ1) is 38.2. The second-order valence-electron chi connectivity index (χ2n) is 19.5. The number of nitrogens with zero attached hydrogens (tertiary/aromatic N) is 2. The molecule has 4 aromatic carbocycles. The minimum Gasteiger partial charge on any atom is -0.504 e. The Morgan fingerprint density at radius 1 is 0.402 bits per heavy atom. The van der Waals surface area contributed by atoms with Crippen LogP contribution in [0.5, 0.6) is 0 Å². The van der Waals surface area contributed by atoms with Gasteiger partial charge >= 0.3 is 0 Å². The van der Waals surface area contributed by atoms with Crippen molar-refractivity contribution in [1.29, 1.82) is 0 Å². The third kappa shape index (κ3) is 11.5. The molecule has 0 aromatic heterocycles. The van der Waals surface area contributed by atoms with Gasteiger partial charge in [-0.1, -0.05) is 27.7 Å². The topological polar surface area (TPSA) is 422 Å². The maximum absolute atomic E-state index is 16.1. The van der Waals surface area contributed by atoms with Crippen molar-refractivity contribution in [2.75, 3.05) is 21.5 Å². The van der Waals surface area contributed by atoms with Crippen LogP contribution >= 0.6 is 0 Å². The summed E-state index contributed by atoms with van der Waals surface area (Å²) in [6, 6.07) is 20.1. The number of nitrogens with two attached hydrogens (primary N) is 4. The fraction of sp³-hybridized carbons (Fsp3) is 0.148. The molecule has 4 aromatic rings. The van der Waals surface area contributed by atoms with Crippen molar-refractivity contribution in [2.24, 2.45) is 42.6 Å². The summed E-state index contributed by atoms with van der Waals surface area (Å²) in [4.78, 5) is 60.4. The van der Waals surface area contributed by atoms with Gasteiger partial charge in [-0.15, -0.1) is 0 Å². The van der Waals surface area contributed by atoms with Crippen LogP contribution in [0.25, 0.3) is 0 Å². The van der Waals surface area contributed by atoms with E-state index in [1.54, 1.807) is 27.7 Å². The van der Waals surface area contributed by atoms with E-state index in [1.165, 1.54) is 111 Å². The highest BCUT2D eigenvalue weighted by Gasteiger charge is 2.49. The molecule has 0 heterocycles. The maximum Gasteiger partial charge on any atom is 0.238 e. The standard InChI is InChI=1S/C54H52N10O14S4/c1-25(2)39-45-43(37(49(65)53(39)69)23-59-29-7-15-33(16-8-29)79(55,71)72)51(67)41(27(5)47(45)63-61-31-11-19-35(20-12-31)81(57,75)76)42-28(6)48(64-62-32-13-21-36(22-14-32)82(58,77)78)46-40(26(3)4)54(70)50(66)38(44(46)52(42)68)24-60-30-9-17-34(18-10-30)80(56,73)74/h7-26,59-62,69-70H,1-6H3,(H2,55,71,72)(H2,56,73,74)(H2,57,75,76)(H2,58,77,78)/b37-23-,38-24-,63-47+,64-48+. The number of ketones is 4. The molecule has 0 atom stereocenters. The van der Waals surface area contributed by atoms with Gasteiger partial charge in [-0.05, 0) is 134 Å². The van der Waals surface area contributed by atoms with Crippen molar-refractivity contribution in [3.63, 3.8) is 0 Å². The van der Waals surface area contributed by atoms with E-state index < -0.39 is 120 Å². The van der Waals surface area contributed by atoms with Crippen LogP contribution in [0.3, 0.4) is 0 Å². The smallest absolute Gasteiger partial charge is 0.238 e. The number of allylic oxidation sites excluding steroid dienone is 12. The molecule has 28 heteroatoms. The molecule has 0 fully saturated rings. The van der Waals surface area contributed by atoms with Crippen LogP contribution < -0.4 is 42.0 Å². The quantitative estimate of drug-likeness (QED) is 0.0425. The number of rotatable bonds is 15. The molecular weight excluding hydrogens is 1140 g/mol. The first-order valence-corrected chi connectivity index (χ1v) is 30.5. The number of aliphatic hydroxyl groups excluding tert-OH is 2. The van der Waals surface area contributed by atoms with Crippen LogP contribution in [-0.4, -0.2) is 78.4 Å². The largest absolute Gasteiger partial charge is 0.504 e. The SMILES string of the molecule is CC1=C(C2=C(C)/C(=N\Nc3ccc(S(N)(=O)=O)cc3)C3=C(C2=O)/C(=C/Nc2ccc(S(N)(=O)=O)cc2)C(=O)C(O)=C3C(C)C)C(=O)C2=C(C(C(C)C)=C(O)C(=O)/C2=C\Nc2ccc(S(N)(=O)=O)cc2)/C1=N/Nc1ccc(S(N)(=O)=O)cc1. The first kappa shape index (κ1) is 59.4. The molecule has 0 amide bonds. The van der Waals surface area contributed by atoms with Crippen LogP contribution in [0.4, 0.5) is 22.7 Å². The number of aliphatic hydroxyl groups is 2. The van der Waals surface area contributed by atoms with E-state index in [0.717, 1.165) is 12.4 Å². The van der Waals surface area contributed by atoms with Gasteiger partial charge in [0.15, 0.2) is 23.1 Å². The Balaban J connectivity index is 1.42. The van der Waals surface area contributed by atoms with Crippen molar-refractivity contribution in [1.82, 2.24) is 0 Å². The number of sulfonamides is 4. The number of carbonyl (C=O) groups excluding carboxylic acids is 4. The minimum atomic E-state index is -4.15. The molecule has 0 aliphatic heterocycles. The lowest BCUT2D eigenvalue weighted by Gasteiger charge is -2.35. The Kier molecular flexibility index (Phi) is 15.9. The number of Topliss-reactive ketones (excluding diaryl/α,β-unsaturated/α-hetero) is 4. The van der Waals surface area contributed by atoms with Gasteiger partial charge in [-0.3, -0.25) is 30.0 Å². The number of nitrogens with one attached hydrogen (secondary N) is 4. The molecule has 0 saturated heterocycles. The van der Waals surface area contributed by atoms with Crippen molar-refractivity contribution in [3.05, 3.63) is 188 Å². The Morgan fingerprint density at radius 2 is 0.659 bits per heavy atom. The van der Waals surface area contributed by atoms with Gasteiger partial charge in [0.2, 0.25) is 51.7 Å². The van der Waals surface area contributed by atoms with Crippen molar-refractivity contribution < 1.29 is 63.1 Å². The third-order valence-corrected chi connectivity index (χ3v) is 17.1. The molecular formula is C54H52N10O14S4. The monoisotopic (exact) mass is 1190 g/mol. The van der Waals surface area contributed by atoms with Gasteiger partial charge in [0.25, 0.3) is 0 Å². The lowest BCUT2D eigenvalue weighted by molar-refractivity contribution is -0.117. The summed E-state index contributed by atoms with van der Waals surface area (Å²) in [6.45, 7) is 9.40. The predicted octanol–water partition coefficient (Wildman–Crippen LogP) is 5.00. The van der Waals surface area contributed by atoms with Gasteiger partial charge in [-0.25, -0.2) is 54.2 Å². The fourth-order valence-corrected chi connectivity index (χ4v) is 11.5. The molecule has 4 aliphatic rings. The van der Waals surface area contributed by atoms with E-state index in [9.17, 15) is 53.5 Å². The molecule has 0 spiro atoms. The zero-order chi connectivity index (χ0) is 60.3. The van der Waals surface area contributed by atoms with E-state index >= 15 is 9.59 Å². The van der Waals surface area contributed by atoms with E-state index in [1.807, 2.05) is 0 Å². The molecule has 426 valence electrons. The van der Waals surface area contributed by atoms with E-state index in [0.29, 0.717) is 0 Å². The summed E-state index contributed by atoms with van der Waals surface area (Å²) < 4.78 is 97.1. The molecule has 24 nitrogen and oxygen atoms in total. The number of primary sulfonamides is 4. The average molecular weight is 1190 g/mol. The van der Waals surface area contributed by atoms with E-state index in [2.05, 4.69) is 21.5 Å². The number of hydrogen-bond donors (Lipinski definition) is 10. The molecule has 0 radical (unpaired) electrons. The Labute approximate surface area is 471 Å². The molecule has 4 aliphatic carbocycles. The lowest BCUT2D eigenvalue weighted by Crippen LogP contribution is -2.38. The Morgan fingerprint density at radius 3 is 0.902 bits per heavy atom. The summed E-state index contributed by atoms with van der Waals surface area (Å²) in [5, 5.41) is 60.2. The first-order valence-electron chi connectivity index (χ1n) is 24.3. The maximum atomic E-state index is 16.1. The average Bonchev–Trinajstić information content (AvgIpc) is 0.945. The molecule has 0 saturated carbocycles. The van der Waals surface area contributed by atoms with Crippen LogP contribution in [0.15, 0.2) is 218 Å². The summed E-state index contributed by atoms with van der Waals surface area (Å²) in [5.41, 5.74) is 3.22. The molecule has 0 bridgehead atoms. The van der Waals surface area contributed by atoms with Crippen molar-refractivity contribution in [3.8, 4) is 0 Å². The normalized spacial score (nSPS) is 18.7. The Bertz CT molecular complexity index is 4040. The van der Waals surface area contributed by atoms with Gasteiger partial charge in [0.1, 0.15) is 0 Å². The number of hydrogen-bond acceptors (Lipinski definition) is 20. The van der Waals surface area contributed by atoms with Crippen LogP contribution in [0.2, 0.25) is 0 Å². The highest BCUT2D eigenvalue weighted by Crippen LogP contribution is 2.48. The zero-order valence-electron chi connectivity index (χ0n) is 44.2. The molecule has 82 heavy (non-hydrogen) atoms. The summed E-state index contributed by atoms with van der Waals surface area (Å²) in [7, 11) is -16.6. The van der Waals surface area contributed by atoms with E-state index in [4.69, 9.17) is 30.8 Å². The minimum absolute atomic E-state index is 0.0504. The third-order valence-electron chi connectivity index (χ3n) is 13.3. The highest BCUT2D eigenvalue weighted by atomic mass is 32.2. The van der Waals surface area contributed by atoms with Crippen LogP contribution in [0.1, 0.15) is 41.5 Å². The fourth-order valence-electron chi connectivity index (χ4n) is 9.42. The predicted molar refractivity (Wildman–Crippen MR) is 305 cm³/mol. The van der Waals surface area contributed by atoms with Crippen LogP contribution in [0, 0.1) is 11.8 Å². The number of carbonyl (C=O) groups is 4. The number of benzene rings is 4. The second kappa shape index (κ2) is 22.0. The van der Waals surface area contributed by atoms with E-state index in [-0.39, 0.29) is 87.2 Å². The van der Waals surface area contributed by atoms with Gasteiger partial charge in [0, 0.05) is 68.4 Å². The zero-order valence-corrected chi connectivity index (χ0v) is 47.4. The van der Waals surface area contributed by atoms with Gasteiger partial charge < -0.3 is 20.8 Å². The van der Waals surface area contributed by atoms with Crippen molar-refractivity contribution in [2.45, 2.75) is 61.1 Å². The summed E-state index contributed by atoms with van der Waals surface area (Å²) in [5.74, 6) is -7.10. The number of anilines is 4. The Hall–Kier alpha value is -8.74. The molecule has 0 unspecified atom stereocenters. The molecule has 8 rings (SSSR count). The van der Waals surface area contributed by atoms with Crippen LogP contribution in [-0.2, 0) is 59.3 Å². The van der Waals surface area contributed by atoms with Gasteiger partial charge in [0.05, 0.1) is 53.5 Å². The highest BCUT2D eigenvalue weighted by molar-refractivity contribution is 7.90.